The molecule has 0 aliphatic heterocycles. The van der Waals surface area contributed by atoms with Gasteiger partial charge in [-0.2, -0.15) is 4.98 Å². The highest BCUT2D eigenvalue weighted by Crippen LogP contribution is 2.37. The van der Waals surface area contributed by atoms with Crippen molar-refractivity contribution in [1.82, 2.24) is 15.5 Å². The van der Waals surface area contributed by atoms with Crippen LogP contribution in [0.2, 0.25) is 0 Å². The Labute approximate surface area is 141 Å². The van der Waals surface area contributed by atoms with E-state index >= 15 is 0 Å². The Morgan fingerprint density at radius 2 is 2.00 bits per heavy atom. The van der Waals surface area contributed by atoms with Gasteiger partial charge in [-0.1, -0.05) is 5.16 Å². The number of amides is 1. The van der Waals surface area contributed by atoms with E-state index in [9.17, 15) is 23.1 Å². The summed E-state index contributed by atoms with van der Waals surface area (Å²) in [6.45, 7) is 1.79. The van der Waals surface area contributed by atoms with Gasteiger partial charge in [0.1, 0.15) is 0 Å². The van der Waals surface area contributed by atoms with Gasteiger partial charge in [-0.3, -0.25) is 4.79 Å². The smallest absolute Gasteiger partial charge is 0.251 e. The van der Waals surface area contributed by atoms with Crippen molar-refractivity contribution in [3.63, 3.8) is 0 Å². The number of aliphatic hydroxyl groups excluding tert-OH is 1. The molecule has 1 saturated carbocycles. The zero-order chi connectivity index (χ0) is 18.1. The first-order valence-corrected chi connectivity index (χ1v) is 7.76. The standard InChI is InChI=1S/C16H16F3N3O3/c1-7-21-16(25-22-7)9-2-10(13(23)5-9)6-20-15(24)8-3-11(17)14(19)12(18)4-8/h3-4,9-10,13,23H,2,5-6H2,1H3,(H,20,24)/t9-,10+,13+/m0/s1. The van der Waals surface area contributed by atoms with Gasteiger partial charge in [0, 0.05) is 23.9 Å². The number of hydrogen-bond acceptors (Lipinski definition) is 5. The van der Waals surface area contributed by atoms with Gasteiger partial charge in [0.25, 0.3) is 5.91 Å². The number of aryl methyl sites for hydroxylation is 1. The van der Waals surface area contributed by atoms with Gasteiger partial charge in [0.2, 0.25) is 5.89 Å². The summed E-state index contributed by atoms with van der Waals surface area (Å²) in [7, 11) is 0. The fourth-order valence-electron chi connectivity index (χ4n) is 3.02. The van der Waals surface area contributed by atoms with Crippen LogP contribution in [0.3, 0.4) is 0 Å². The van der Waals surface area contributed by atoms with Crippen LogP contribution in [-0.2, 0) is 0 Å². The molecule has 3 rings (SSSR count). The second-order valence-electron chi connectivity index (χ2n) is 6.14. The molecule has 0 saturated heterocycles. The number of halogens is 3. The van der Waals surface area contributed by atoms with Crippen LogP contribution >= 0.6 is 0 Å². The molecule has 9 heteroatoms. The summed E-state index contributed by atoms with van der Waals surface area (Å²) in [5.74, 6) is -4.68. The van der Waals surface area contributed by atoms with Crippen molar-refractivity contribution in [3.8, 4) is 0 Å². The quantitative estimate of drug-likeness (QED) is 0.820. The number of carbonyl (C=O) groups excluding carboxylic acids is 1. The lowest BCUT2D eigenvalue weighted by atomic mass is 10.0. The Balaban J connectivity index is 1.60. The first-order chi connectivity index (χ1) is 11.8. The molecule has 1 aromatic heterocycles. The summed E-state index contributed by atoms with van der Waals surface area (Å²) in [5.41, 5.74) is -0.326. The molecule has 1 aromatic carbocycles. The van der Waals surface area contributed by atoms with Crippen LogP contribution in [0.1, 0.15) is 40.8 Å². The van der Waals surface area contributed by atoms with E-state index in [-0.39, 0.29) is 23.9 Å². The van der Waals surface area contributed by atoms with Gasteiger partial charge < -0.3 is 14.9 Å². The molecule has 0 bridgehead atoms. The largest absolute Gasteiger partial charge is 0.393 e. The van der Waals surface area contributed by atoms with Crippen molar-refractivity contribution < 1.29 is 27.6 Å². The van der Waals surface area contributed by atoms with E-state index in [1.807, 2.05) is 0 Å². The Hall–Kier alpha value is -2.42. The minimum Gasteiger partial charge on any atom is -0.393 e. The Bertz CT molecular complexity index is 773. The number of benzene rings is 1. The lowest BCUT2D eigenvalue weighted by molar-refractivity contribution is 0.0915. The molecule has 6 nitrogen and oxygen atoms in total. The maximum Gasteiger partial charge on any atom is 0.251 e. The summed E-state index contributed by atoms with van der Waals surface area (Å²) in [6.07, 6.45) is 0.260. The third-order valence-corrected chi connectivity index (χ3v) is 4.32. The van der Waals surface area contributed by atoms with E-state index in [0.29, 0.717) is 36.7 Å². The Morgan fingerprint density at radius 1 is 1.32 bits per heavy atom. The molecule has 2 aromatic rings. The molecule has 25 heavy (non-hydrogen) atoms. The second kappa shape index (κ2) is 6.83. The highest BCUT2D eigenvalue weighted by atomic mass is 19.2. The zero-order valence-electron chi connectivity index (χ0n) is 13.3. The maximum absolute atomic E-state index is 13.2. The van der Waals surface area contributed by atoms with Gasteiger partial charge in [-0.05, 0) is 31.9 Å². The van der Waals surface area contributed by atoms with Crippen molar-refractivity contribution in [1.29, 1.82) is 0 Å². The number of nitrogens with one attached hydrogen (secondary N) is 1. The fraction of sp³-hybridized carbons (Fsp3) is 0.438. The number of carbonyl (C=O) groups is 1. The molecule has 2 N–H and O–H groups in total. The van der Waals surface area contributed by atoms with Crippen LogP contribution in [0.4, 0.5) is 13.2 Å². The minimum atomic E-state index is -1.62. The van der Waals surface area contributed by atoms with Crippen molar-refractivity contribution in [3.05, 3.63) is 46.9 Å². The molecular weight excluding hydrogens is 339 g/mol. The molecule has 1 aliphatic rings. The van der Waals surface area contributed by atoms with E-state index in [2.05, 4.69) is 15.5 Å². The summed E-state index contributed by atoms with van der Waals surface area (Å²) < 4.78 is 44.4. The van der Waals surface area contributed by atoms with Crippen LogP contribution in [0.15, 0.2) is 16.7 Å². The van der Waals surface area contributed by atoms with E-state index in [4.69, 9.17) is 4.52 Å². The van der Waals surface area contributed by atoms with Crippen LogP contribution < -0.4 is 5.32 Å². The van der Waals surface area contributed by atoms with Crippen LogP contribution in [0.25, 0.3) is 0 Å². The molecule has 1 aliphatic carbocycles. The zero-order valence-corrected chi connectivity index (χ0v) is 13.3. The van der Waals surface area contributed by atoms with Gasteiger partial charge in [0.15, 0.2) is 23.3 Å². The van der Waals surface area contributed by atoms with E-state index in [1.54, 1.807) is 6.92 Å². The molecule has 1 fully saturated rings. The summed E-state index contributed by atoms with van der Waals surface area (Å²) in [6, 6.07) is 1.26. The first-order valence-electron chi connectivity index (χ1n) is 7.76. The lowest BCUT2D eigenvalue weighted by Gasteiger charge is -2.15. The summed E-state index contributed by atoms with van der Waals surface area (Å²) in [4.78, 5) is 16.1. The monoisotopic (exact) mass is 355 g/mol. The van der Waals surface area contributed by atoms with Crippen molar-refractivity contribution in [2.75, 3.05) is 6.54 Å². The highest BCUT2D eigenvalue weighted by Gasteiger charge is 2.36. The number of aliphatic hydroxyl groups is 1. The second-order valence-corrected chi connectivity index (χ2v) is 6.14. The van der Waals surface area contributed by atoms with E-state index in [1.165, 1.54) is 0 Å². The number of hydrogen-bond donors (Lipinski definition) is 2. The third kappa shape index (κ3) is 3.65. The molecule has 0 radical (unpaired) electrons. The number of rotatable bonds is 4. The van der Waals surface area contributed by atoms with Gasteiger partial charge >= 0.3 is 0 Å². The van der Waals surface area contributed by atoms with Gasteiger partial charge in [-0.15, -0.1) is 0 Å². The van der Waals surface area contributed by atoms with Crippen LogP contribution in [-0.4, -0.2) is 33.8 Å². The molecule has 1 amide bonds. The third-order valence-electron chi connectivity index (χ3n) is 4.32. The molecule has 0 unspecified atom stereocenters. The van der Waals surface area contributed by atoms with Crippen molar-refractivity contribution in [2.45, 2.75) is 31.8 Å². The Morgan fingerprint density at radius 3 is 2.60 bits per heavy atom. The molecule has 134 valence electrons. The first kappa shape index (κ1) is 17.4. The normalized spacial score (nSPS) is 23.0. The minimum absolute atomic E-state index is 0.101. The molecule has 3 atom stereocenters. The van der Waals surface area contributed by atoms with Crippen LogP contribution in [0.5, 0.6) is 0 Å². The number of aromatic nitrogens is 2. The van der Waals surface area contributed by atoms with Crippen molar-refractivity contribution in [2.24, 2.45) is 5.92 Å². The average Bonchev–Trinajstić information content (AvgIpc) is 3.15. The fourth-order valence-corrected chi connectivity index (χ4v) is 3.02. The topological polar surface area (TPSA) is 88.2 Å². The lowest BCUT2D eigenvalue weighted by Crippen LogP contribution is -2.32. The van der Waals surface area contributed by atoms with E-state index in [0.717, 1.165) is 0 Å². The Kier molecular flexibility index (Phi) is 4.76. The van der Waals surface area contributed by atoms with Crippen molar-refractivity contribution >= 4 is 5.91 Å². The van der Waals surface area contributed by atoms with Gasteiger partial charge in [-0.25, -0.2) is 13.2 Å². The van der Waals surface area contributed by atoms with Gasteiger partial charge in [0.05, 0.1) is 6.10 Å². The molecule has 0 spiro atoms. The molecule has 1 heterocycles. The van der Waals surface area contributed by atoms with Crippen LogP contribution in [0, 0.1) is 30.3 Å². The predicted octanol–water partition coefficient (Wildman–Crippen LogP) is 2.08. The summed E-state index contributed by atoms with van der Waals surface area (Å²) in [5, 5.41) is 16.3. The van der Waals surface area contributed by atoms with E-state index < -0.39 is 29.5 Å². The maximum atomic E-state index is 13.2. The molecular formula is C16H16F3N3O3. The SMILES string of the molecule is Cc1noc([C@H]2C[C@H](CNC(=O)c3cc(F)c(F)c(F)c3)[C@H](O)C2)n1. The number of nitrogens with zero attached hydrogens (tertiary/aromatic N) is 2. The average molecular weight is 355 g/mol. The summed E-state index contributed by atoms with van der Waals surface area (Å²) >= 11 is 0. The predicted molar refractivity (Wildman–Crippen MR) is 79.2 cm³/mol. The highest BCUT2D eigenvalue weighted by molar-refractivity contribution is 5.94.